The fraction of sp³-hybridized carbons (Fsp3) is 0.455. The minimum atomic E-state index is -1.01. The molecule has 8 heteroatoms. The molecule has 3 N–H and O–H groups in total. The van der Waals surface area contributed by atoms with E-state index in [2.05, 4.69) is 20.8 Å². The Morgan fingerprint density at radius 3 is 2.74 bits per heavy atom. The zero-order valence-corrected chi connectivity index (χ0v) is 10.5. The minimum Gasteiger partial charge on any atom is -0.480 e. The van der Waals surface area contributed by atoms with Gasteiger partial charge in [-0.15, -0.1) is 10.2 Å². The number of nitrogens with one attached hydrogen (secondary N) is 2. The largest absolute Gasteiger partial charge is 0.480 e. The summed E-state index contributed by atoms with van der Waals surface area (Å²) in [6, 6.07) is 3.17. The second-order valence-corrected chi connectivity index (χ2v) is 3.54. The highest BCUT2D eigenvalue weighted by Gasteiger charge is 2.06. The smallest absolute Gasteiger partial charge is 0.329 e. The summed E-state index contributed by atoms with van der Waals surface area (Å²) >= 11 is 0. The number of aromatic nitrogens is 2. The van der Waals surface area contributed by atoms with Crippen LogP contribution in [0.4, 0.5) is 5.82 Å². The summed E-state index contributed by atoms with van der Waals surface area (Å²) < 4.78 is 4.84. The van der Waals surface area contributed by atoms with Crippen molar-refractivity contribution in [1.29, 1.82) is 0 Å². The summed E-state index contributed by atoms with van der Waals surface area (Å²) in [5.74, 6) is -0.788. The molecule has 0 aromatic carbocycles. The first-order chi connectivity index (χ1) is 9.13. The Kier molecular flexibility index (Phi) is 6.23. The Morgan fingerprint density at radius 1 is 1.37 bits per heavy atom. The summed E-state index contributed by atoms with van der Waals surface area (Å²) in [5.41, 5.74) is 0.245. The quantitative estimate of drug-likeness (QED) is 0.556. The maximum atomic E-state index is 11.4. The number of anilines is 1. The topological polar surface area (TPSA) is 113 Å². The molecule has 1 aromatic heterocycles. The molecular weight excluding hydrogens is 252 g/mol. The number of carboxylic acids is 1. The van der Waals surface area contributed by atoms with E-state index in [1.807, 2.05) is 6.92 Å². The van der Waals surface area contributed by atoms with Gasteiger partial charge in [-0.25, -0.2) is 4.79 Å². The van der Waals surface area contributed by atoms with Crippen LogP contribution in [0.15, 0.2) is 12.1 Å². The van der Waals surface area contributed by atoms with Crippen LogP contribution in [0.2, 0.25) is 0 Å². The lowest BCUT2D eigenvalue weighted by Gasteiger charge is -2.05. The first-order valence-electron chi connectivity index (χ1n) is 5.78. The number of carboxylic acid groups (broad SMARTS) is 1. The lowest BCUT2D eigenvalue weighted by molar-refractivity contribution is -0.142. The summed E-state index contributed by atoms with van der Waals surface area (Å²) in [5, 5.41) is 21.4. The van der Waals surface area contributed by atoms with Gasteiger partial charge in [0.05, 0.1) is 6.61 Å². The van der Waals surface area contributed by atoms with Crippen LogP contribution in [0.5, 0.6) is 0 Å². The molecule has 0 bridgehead atoms. The highest BCUT2D eigenvalue weighted by Crippen LogP contribution is 2.01. The number of amides is 1. The van der Waals surface area contributed by atoms with Gasteiger partial charge in [-0.2, -0.15) is 0 Å². The number of hydrogen-bond acceptors (Lipinski definition) is 6. The number of ether oxygens (including phenoxy) is 1. The van der Waals surface area contributed by atoms with Gasteiger partial charge in [0.25, 0.3) is 5.91 Å². The Hall–Kier alpha value is -2.22. The summed E-state index contributed by atoms with van der Waals surface area (Å²) in [6.07, 6.45) is 0. The summed E-state index contributed by atoms with van der Waals surface area (Å²) in [7, 11) is 0. The van der Waals surface area contributed by atoms with Crippen molar-refractivity contribution in [3.63, 3.8) is 0 Å². The molecule has 0 unspecified atom stereocenters. The highest BCUT2D eigenvalue weighted by atomic mass is 16.5. The molecule has 19 heavy (non-hydrogen) atoms. The zero-order valence-electron chi connectivity index (χ0n) is 10.5. The predicted octanol–water partition coefficient (Wildman–Crippen LogP) is -0.261. The van der Waals surface area contributed by atoms with E-state index in [0.29, 0.717) is 18.9 Å². The van der Waals surface area contributed by atoms with Gasteiger partial charge in [-0.05, 0) is 19.1 Å². The molecule has 1 rings (SSSR count). The van der Waals surface area contributed by atoms with Crippen molar-refractivity contribution in [2.75, 3.05) is 31.6 Å². The van der Waals surface area contributed by atoms with E-state index >= 15 is 0 Å². The molecule has 0 spiro atoms. The molecule has 1 heterocycles. The van der Waals surface area contributed by atoms with Crippen LogP contribution in [0.3, 0.4) is 0 Å². The second kappa shape index (κ2) is 7.98. The summed E-state index contributed by atoms with van der Waals surface area (Å²) in [6.45, 7) is 2.66. The van der Waals surface area contributed by atoms with E-state index in [1.165, 1.54) is 0 Å². The van der Waals surface area contributed by atoms with Gasteiger partial charge in [0.15, 0.2) is 5.69 Å². The number of nitrogens with zero attached hydrogens (tertiary/aromatic N) is 2. The van der Waals surface area contributed by atoms with Crippen molar-refractivity contribution < 1.29 is 19.4 Å². The first kappa shape index (κ1) is 14.8. The lowest BCUT2D eigenvalue weighted by atomic mass is 10.3. The van der Waals surface area contributed by atoms with Crippen molar-refractivity contribution in [1.82, 2.24) is 15.5 Å². The summed E-state index contributed by atoms with van der Waals surface area (Å²) in [4.78, 5) is 21.6. The number of aliphatic carboxylic acids is 1. The molecule has 0 saturated carbocycles. The van der Waals surface area contributed by atoms with Crippen molar-refractivity contribution in [2.24, 2.45) is 0 Å². The number of carbonyl (C=O) groups is 2. The number of carbonyl (C=O) groups excluding carboxylic acids is 1. The van der Waals surface area contributed by atoms with Crippen LogP contribution in [0.1, 0.15) is 17.4 Å². The van der Waals surface area contributed by atoms with E-state index < -0.39 is 5.97 Å². The van der Waals surface area contributed by atoms with Crippen molar-refractivity contribution in [3.05, 3.63) is 17.8 Å². The van der Waals surface area contributed by atoms with Gasteiger partial charge in [-0.1, -0.05) is 0 Å². The Balaban J connectivity index is 2.32. The molecule has 0 fully saturated rings. The van der Waals surface area contributed by atoms with Crippen molar-refractivity contribution in [2.45, 2.75) is 6.92 Å². The van der Waals surface area contributed by atoms with Crippen LogP contribution < -0.4 is 10.6 Å². The van der Waals surface area contributed by atoms with Crippen molar-refractivity contribution in [3.8, 4) is 0 Å². The van der Waals surface area contributed by atoms with Crippen LogP contribution in [-0.4, -0.2) is 53.5 Å². The van der Waals surface area contributed by atoms with Crippen LogP contribution >= 0.6 is 0 Å². The third-order valence-electron chi connectivity index (χ3n) is 2.01. The fourth-order valence-corrected chi connectivity index (χ4v) is 1.21. The molecule has 0 aliphatic rings. The Morgan fingerprint density at radius 2 is 2.16 bits per heavy atom. The molecule has 104 valence electrons. The van der Waals surface area contributed by atoms with E-state index in [9.17, 15) is 9.59 Å². The second-order valence-electron chi connectivity index (χ2n) is 3.54. The third-order valence-corrected chi connectivity index (χ3v) is 2.01. The average molecular weight is 268 g/mol. The van der Waals surface area contributed by atoms with Gasteiger partial charge < -0.3 is 20.5 Å². The van der Waals surface area contributed by atoms with E-state index in [1.54, 1.807) is 12.1 Å². The predicted molar refractivity (Wildman–Crippen MR) is 67.0 cm³/mol. The van der Waals surface area contributed by atoms with Crippen LogP contribution in [-0.2, 0) is 9.53 Å². The standard InChI is InChI=1S/C11H16N4O4/c1-2-12-11(18)8-3-4-9(15-14-8)13-5-6-19-7-10(16)17/h3-4H,2,5-7H2,1H3,(H,12,18)(H,13,15)(H,16,17). The number of rotatable bonds is 8. The van der Waals surface area contributed by atoms with Gasteiger partial charge in [0.1, 0.15) is 12.4 Å². The Labute approximate surface area is 110 Å². The first-order valence-corrected chi connectivity index (χ1v) is 5.78. The van der Waals surface area contributed by atoms with Crippen molar-refractivity contribution >= 4 is 17.7 Å². The molecule has 0 aliphatic heterocycles. The third kappa shape index (κ3) is 5.77. The molecule has 0 radical (unpaired) electrons. The highest BCUT2D eigenvalue weighted by molar-refractivity contribution is 5.92. The minimum absolute atomic E-state index is 0.242. The molecule has 0 aliphatic carbocycles. The Bertz CT molecular complexity index is 421. The van der Waals surface area contributed by atoms with E-state index in [4.69, 9.17) is 9.84 Å². The maximum Gasteiger partial charge on any atom is 0.329 e. The normalized spacial score (nSPS) is 9.95. The maximum absolute atomic E-state index is 11.4. The fourth-order valence-electron chi connectivity index (χ4n) is 1.21. The molecular formula is C11H16N4O4. The van der Waals surface area contributed by atoms with Crippen LogP contribution in [0.25, 0.3) is 0 Å². The van der Waals surface area contributed by atoms with Gasteiger partial charge in [0, 0.05) is 13.1 Å². The van der Waals surface area contributed by atoms with Gasteiger partial charge >= 0.3 is 5.97 Å². The number of hydrogen-bond donors (Lipinski definition) is 3. The molecule has 0 saturated heterocycles. The molecule has 0 atom stereocenters. The molecule has 8 nitrogen and oxygen atoms in total. The van der Waals surface area contributed by atoms with Gasteiger partial charge in [-0.3, -0.25) is 4.79 Å². The molecule has 1 amide bonds. The van der Waals surface area contributed by atoms with E-state index in [-0.39, 0.29) is 24.8 Å². The van der Waals surface area contributed by atoms with E-state index in [0.717, 1.165) is 0 Å². The average Bonchev–Trinajstić information content (AvgIpc) is 2.39. The molecule has 1 aromatic rings. The van der Waals surface area contributed by atoms with Gasteiger partial charge in [0.2, 0.25) is 0 Å². The zero-order chi connectivity index (χ0) is 14.1. The lowest BCUT2D eigenvalue weighted by Crippen LogP contribution is -2.24. The SMILES string of the molecule is CCNC(=O)c1ccc(NCCOCC(=O)O)nn1. The van der Waals surface area contributed by atoms with Crippen LogP contribution in [0, 0.1) is 0 Å². The monoisotopic (exact) mass is 268 g/mol.